The molecule has 1 aromatic carbocycles. The van der Waals surface area contributed by atoms with E-state index in [1.165, 1.54) is 22.9 Å². The van der Waals surface area contributed by atoms with Crippen molar-refractivity contribution in [3.8, 4) is 6.07 Å². The van der Waals surface area contributed by atoms with Gasteiger partial charge in [0.05, 0.1) is 0 Å². The topological polar surface area (TPSA) is 73.6 Å². The third kappa shape index (κ3) is 2.39. The molecule has 19 heavy (non-hydrogen) atoms. The molecule has 2 N–H and O–H groups in total. The molecule has 5 heteroatoms. The fraction of sp³-hybridized carbons (Fsp3) is 0.214. The first-order valence-corrected chi connectivity index (χ1v) is 6.13. The number of nitrogens with one attached hydrogen (secondary N) is 2. The van der Waals surface area contributed by atoms with Crippen LogP contribution in [0.15, 0.2) is 30.6 Å². The third-order valence-electron chi connectivity index (χ3n) is 3.17. The van der Waals surface area contributed by atoms with Gasteiger partial charge in [-0.25, -0.2) is 9.97 Å². The van der Waals surface area contributed by atoms with Gasteiger partial charge in [0.15, 0.2) is 11.5 Å². The number of benzene rings is 1. The van der Waals surface area contributed by atoms with Crippen LogP contribution in [0.1, 0.15) is 22.4 Å². The van der Waals surface area contributed by atoms with Crippen molar-refractivity contribution in [1.29, 1.82) is 5.26 Å². The Hall–Kier alpha value is -2.45. The largest absolute Gasteiger partial charge is 0.364 e. The molecule has 0 bridgehead atoms. The van der Waals surface area contributed by atoms with E-state index in [0.29, 0.717) is 18.1 Å². The summed E-state index contributed by atoms with van der Waals surface area (Å²) in [4.78, 5) is 8.10. The number of hydrogen-bond donors (Lipinski definition) is 2. The van der Waals surface area contributed by atoms with Gasteiger partial charge in [0.1, 0.15) is 6.07 Å². The maximum absolute atomic E-state index is 8.94. The zero-order chi connectivity index (χ0) is 13.1. The normalized spacial score (nSPS) is 12.8. The van der Waals surface area contributed by atoms with Crippen molar-refractivity contribution in [3.63, 3.8) is 0 Å². The van der Waals surface area contributed by atoms with Gasteiger partial charge in [-0.1, -0.05) is 18.2 Å². The van der Waals surface area contributed by atoms with Crippen LogP contribution < -0.4 is 10.6 Å². The van der Waals surface area contributed by atoms with Gasteiger partial charge in [-0.05, 0) is 16.7 Å². The number of nitrogens with zero attached hydrogens (tertiary/aromatic N) is 3. The predicted molar refractivity (Wildman–Crippen MR) is 71.1 cm³/mol. The molecule has 2 aromatic rings. The van der Waals surface area contributed by atoms with E-state index in [1.54, 1.807) is 6.20 Å². The van der Waals surface area contributed by atoms with Gasteiger partial charge in [-0.15, -0.1) is 0 Å². The Bertz CT molecular complexity index is 645. The van der Waals surface area contributed by atoms with E-state index in [9.17, 15) is 0 Å². The molecule has 3 rings (SSSR count). The first-order valence-electron chi connectivity index (χ1n) is 6.13. The lowest BCUT2D eigenvalue weighted by Crippen LogP contribution is -2.05. The van der Waals surface area contributed by atoms with E-state index in [1.807, 2.05) is 6.07 Å². The Balaban J connectivity index is 1.74. The summed E-state index contributed by atoms with van der Waals surface area (Å²) < 4.78 is 0. The van der Waals surface area contributed by atoms with Gasteiger partial charge in [-0.2, -0.15) is 5.26 Å². The summed E-state index contributed by atoms with van der Waals surface area (Å²) in [6.45, 7) is 2.52. The van der Waals surface area contributed by atoms with Crippen molar-refractivity contribution in [3.05, 3.63) is 53.0 Å². The lowest BCUT2D eigenvalue weighted by molar-refractivity contribution is 0.764. The minimum absolute atomic E-state index is 0.324. The summed E-state index contributed by atoms with van der Waals surface area (Å²) >= 11 is 0. The predicted octanol–water partition coefficient (Wildman–Crippen LogP) is 1.56. The average Bonchev–Trinajstić information content (AvgIpc) is 2.93. The summed E-state index contributed by atoms with van der Waals surface area (Å²) in [5.41, 5.74) is 4.21. The molecule has 1 aromatic heterocycles. The Morgan fingerprint density at radius 3 is 2.95 bits per heavy atom. The molecular formula is C14H13N5. The molecule has 5 nitrogen and oxygen atoms in total. The molecule has 0 atom stereocenters. The molecule has 1 aliphatic rings. The van der Waals surface area contributed by atoms with Crippen molar-refractivity contribution < 1.29 is 0 Å². The highest BCUT2D eigenvalue weighted by molar-refractivity contribution is 5.47. The zero-order valence-corrected chi connectivity index (χ0v) is 10.3. The second-order valence-electron chi connectivity index (χ2n) is 4.43. The van der Waals surface area contributed by atoms with Crippen molar-refractivity contribution in [2.75, 3.05) is 5.32 Å². The summed E-state index contributed by atoms with van der Waals surface area (Å²) in [5, 5.41) is 15.4. The molecule has 0 unspecified atom stereocenters. The summed E-state index contributed by atoms with van der Waals surface area (Å²) in [5.74, 6) is 0.531. The van der Waals surface area contributed by atoms with Gasteiger partial charge >= 0.3 is 0 Å². The van der Waals surface area contributed by atoms with Gasteiger partial charge < -0.3 is 10.6 Å². The summed E-state index contributed by atoms with van der Waals surface area (Å²) in [6.07, 6.45) is 3.10. The highest BCUT2D eigenvalue weighted by Crippen LogP contribution is 2.18. The molecule has 0 saturated heterocycles. The van der Waals surface area contributed by atoms with Crippen LogP contribution in [0.25, 0.3) is 0 Å². The van der Waals surface area contributed by atoms with Crippen LogP contribution in [0.3, 0.4) is 0 Å². The van der Waals surface area contributed by atoms with Crippen molar-refractivity contribution in [2.45, 2.75) is 19.6 Å². The number of fused-ring (bicyclic) bond motifs is 1. The van der Waals surface area contributed by atoms with Crippen molar-refractivity contribution in [2.24, 2.45) is 0 Å². The Kier molecular flexibility index (Phi) is 3.09. The molecule has 1 aliphatic heterocycles. The molecule has 0 saturated carbocycles. The summed E-state index contributed by atoms with van der Waals surface area (Å²) in [7, 11) is 0. The maximum Gasteiger partial charge on any atom is 0.182 e. The molecule has 0 amide bonds. The lowest BCUT2D eigenvalue weighted by Gasteiger charge is -2.07. The van der Waals surface area contributed by atoms with E-state index < -0.39 is 0 Å². The van der Waals surface area contributed by atoms with Gasteiger partial charge in [-0.3, -0.25) is 0 Å². The smallest absolute Gasteiger partial charge is 0.182 e. The molecular weight excluding hydrogens is 238 g/mol. The van der Waals surface area contributed by atoms with E-state index >= 15 is 0 Å². The van der Waals surface area contributed by atoms with Crippen LogP contribution in [0, 0.1) is 11.3 Å². The van der Waals surface area contributed by atoms with E-state index in [2.05, 4.69) is 38.8 Å². The Labute approximate surface area is 111 Å². The molecule has 0 fully saturated rings. The molecule has 0 radical (unpaired) electrons. The monoisotopic (exact) mass is 251 g/mol. The van der Waals surface area contributed by atoms with E-state index in [4.69, 9.17) is 5.26 Å². The SMILES string of the molecule is N#Cc1nccnc1NCc1ccc2c(c1)CNC2. The van der Waals surface area contributed by atoms with Crippen LogP contribution in [0.2, 0.25) is 0 Å². The summed E-state index contributed by atoms with van der Waals surface area (Å²) in [6, 6.07) is 8.46. The van der Waals surface area contributed by atoms with E-state index in [0.717, 1.165) is 13.1 Å². The van der Waals surface area contributed by atoms with E-state index in [-0.39, 0.29) is 0 Å². The van der Waals surface area contributed by atoms with Crippen LogP contribution >= 0.6 is 0 Å². The number of aromatic nitrogens is 2. The standard InChI is InChI=1S/C14H13N5/c15-6-13-14(18-4-3-17-13)19-7-10-1-2-11-8-16-9-12(11)5-10/h1-5,16H,7-9H2,(H,18,19). The highest BCUT2D eigenvalue weighted by Gasteiger charge is 2.10. The van der Waals surface area contributed by atoms with Crippen molar-refractivity contribution >= 4 is 5.82 Å². The van der Waals surface area contributed by atoms with Crippen LogP contribution in [-0.2, 0) is 19.6 Å². The third-order valence-corrected chi connectivity index (χ3v) is 3.17. The van der Waals surface area contributed by atoms with Crippen molar-refractivity contribution in [1.82, 2.24) is 15.3 Å². The van der Waals surface area contributed by atoms with Crippen LogP contribution in [0.5, 0.6) is 0 Å². The maximum atomic E-state index is 8.94. The number of anilines is 1. The van der Waals surface area contributed by atoms with Crippen LogP contribution in [-0.4, -0.2) is 9.97 Å². The van der Waals surface area contributed by atoms with Gasteiger partial charge in [0, 0.05) is 32.0 Å². The highest BCUT2D eigenvalue weighted by atomic mass is 15.0. The van der Waals surface area contributed by atoms with Crippen LogP contribution in [0.4, 0.5) is 5.82 Å². The first kappa shape index (κ1) is 11.6. The Morgan fingerprint density at radius 2 is 2.05 bits per heavy atom. The lowest BCUT2D eigenvalue weighted by atomic mass is 10.1. The first-order chi connectivity index (χ1) is 9.36. The molecule has 0 spiro atoms. The fourth-order valence-corrected chi connectivity index (χ4v) is 2.19. The molecule has 94 valence electrons. The minimum atomic E-state index is 0.324. The number of hydrogen-bond acceptors (Lipinski definition) is 5. The Morgan fingerprint density at radius 1 is 1.21 bits per heavy atom. The van der Waals surface area contributed by atoms with Gasteiger partial charge in [0.25, 0.3) is 0 Å². The number of nitriles is 1. The fourth-order valence-electron chi connectivity index (χ4n) is 2.19. The average molecular weight is 251 g/mol. The number of rotatable bonds is 3. The molecule has 0 aliphatic carbocycles. The minimum Gasteiger partial charge on any atom is -0.364 e. The zero-order valence-electron chi connectivity index (χ0n) is 10.3. The second kappa shape index (κ2) is 5.04. The van der Waals surface area contributed by atoms with Gasteiger partial charge in [0.2, 0.25) is 0 Å². The second-order valence-corrected chi connectivity index (χ2v) is 4.43. The quantitative estimate of drug-likeness (QED) is 0.866. The molecule has 2 heterocycles.